The van der Waals surface area contributed by atoms with Crippen molar-refractivity contribution in [1.82, 2.24) is 10.3 Å². The number of rotatable bonds is 6. The molecule has 0 aliphatic rings. The summed E-state index contributed by atoms with van der Waals surface area (Å²) in [6, 6.07) is 6.40. The number of nitrogen functional groups attached to an aromatic ring is 1. The molecule has 0 saturated carbocycles. The first-order chi connectivity index (χ1) is 9.20. The highest BCUT2D eigenvalue weighted by molar-refractivity contribution is 9.11. The molecule has 0 aliphatic carbocycles. The third-order valence-electron chi connectivity index (χ3n) is 2.94. The van der Waals surface area contributed by atoms with E-state index in [1.54, 1.807) is 17.5 Å². The summed E-state index contributed by atoms with van der Waals surface area (Å²) in [6.45, 7) is 3.17. The maximum atomic E-state index is 6.01. The van der Waals surface area contributed by atoms with Crippen LogP contribution in [-0.2, 0) is 6.42 Å². The van der Waals surface area contributed by atoms with Crippen LogP contribution in [0, 0.1) is 0 Å². The predicted molar refractivity (Wildman–Crippen MR) is 85.4 cm³/mol. The van der Waals surface area contributed by atoms with E-state index < -0.39 is 0 Å². The first kappa shape index (κ1) is 14.5. The SMILES string of the molecule is CCCNC(Cc1cnccc1N)c1ccc(Br)s1. The van der Waals surface area contributed by atoms with Gasteiger partial charge in [0.2, 0.25) is 0 Å². The van der Waals surface area contributed by atoms with Crippen LogP contribution in [0.15, 0.2) is 34.4 Å². The lowest BCUT2D eigenvalue weighted by atomic mass is 10.0. The Hall–Kier alpha value is -0.910. The fourth-order valence-corrected chi connectivity index (χ4v) is 3.44. The van der Waals surface area contributed by atoms with Gasteiger partial charge in [-0.15, -0.1) is 11.3 Å². The van der Waals surface area contributed by atoms with Crippen molar-refractivity contribution in [3.05, 3.63) is 44.8 Å². The molecule has 0 amide bonds. The van der Waals surface area contributed by atoms with E-state index in [2.05, 4.69) is 45.3 Å². The number of halogens is 1. The van der Waals surface area contributed by atoms with Gasteiger partial charge < -0.3 is 11.1 Å². The normalized spacial score (nSPS) is 12.5. The summed E-state index contributed by atoms with van der Waals surface area (Å²) in [5.41, 5.74) is 7.92. The lowest BCUT2D eigenvalue weighted by Gasteiger charge is -2.18. The molecule has 0 saturated heterocycles. The zero-order valence-corrected chi connectivity index (χ0v) is 13.3. The Bertz CT molecular complexity index is 527. The van der Waals surface area contributed by atoms with E-state index >= 15 is 0 Å². The third-order valence-corrected chi connectivity index (χ3v) is 4.68. The van der Waals surface area contributed by atoms with Crippen LogP contribution in [0.3, 0.4) is 0 Å². The Morgan fingerprint density at radius 1 is 1.42 bits per heavy atom. The maximum Gasteiger partial charge on any atom is 0.0701 e. The number of aromatic nitrogens is 1. The highest BCUT2D eigenvalue weighted by Gasteiger charge is 2.15. The fourth-order valence-electron chi connectivity index (χ4n) is 1.94. The summed E-state index contributed by atoms with van der Waals surface area (Å²) in [5.74, 6) is 0. The minimum absolute atomic E-state index is 0.294. The van der Waals surface area contributed by atoms with Crippen molar-refractivity contribution >= 4 is 33.0 Å². The lowest BCUT2D eigenvalue weighted by molar-refractivity contribution is 0.536. The van der Waals surface area contributed by atoms with Gasteiger partial charge in [0.05, 0.1) is 3.79 Å². The number of pyridine rings is 1. The second kappa shape index (κ2) is 7.03. The lowest BCUT2D eigenvalue weighted by Crippen LogP contribution is -2.23. The van der Waals surface area contributed by atoms with Crippen molar-refractivity contribution in [3.8, 4) is 0 Å². The van der Waals surface area contributed by atoms with Gasteiger partial charge in [0, 0.05) is 29.0 Å². The fraction of sp³-hybridized carbons (Fsp3) is 0.357. The quantitative estimate of drug-likeness (QED) is 0.842. The van der Waals surface area contributed by atoms with Gasteiger partial charge in [0.15, 0.2) is 0 Å². The molecule has 0 aromatic carbocycles. The average molecular weight is 340 g/mol. The van der Waals surface area contributed by atoms with Crippen LogP contribution in [0.2, 0.25) is 0 Å². The summed E-state index contributed by atoms with van der Waals surface area (Å²) in [7, 11) is 0. The van der Waals surface area contributed by atoms with Gasteiger partial charge in [-0.3, -0.25) is 4.98 Å². The molecule has 2 heterocycles. The summed E-state index contributed by atoms with van der Waals surface area (Å²) < 4.78 is 1.16. The summed E-state index contributed by atoms with van der Waals surface area (Å²) >= 11 is 5.29. The van der Waals surface area contributed by atoms with Gasteiger partial charge in [-0.05, 0) is 59.1 Å². The zero-order chi connectivity index (χ0) is 13.7. The van der Waals surface area contributed by atoms with Crippen LogP contribution in [0.25, 0.3) is 0 Å². The number of nitrogens with two attached hydrogens (primary N) is 1. The monoisotopic (exact) mass is 339 g/mol. The van der Waals surface area contributed by atoms with Gasteiger partial charge in [-0.25, -0.2) is 0 Å². The Morgan fingerprint density at radius 3 is 2.89 bits per heavy atom. The van der Waals surface area contributed by atoms with Crippen molar-refractivity contribution < 1.29 is 0 Å². The molecule has 2 aromatic rings. The van der Waals surface area contributed by atoms with E-state index in [1.807, 2.05) is 12.3 Å². The molecular formula is C14H18BrN3S. The molecule has 19 heavy (non-hydrogen) atoms. The topological polar surface area (TPSA) is 50.9 Å². The molecule has 102 valence electrons. The van der Waals surface area contributed by atoms with E-state index in [0.29, 0.717) is 6.04 Å². The molecule has 3 nitrogen and oxygen atoms in total. The molecule has 0 bridgehead atoms. The van der Waals surface area contributed by atoms with E-state index in [1.165, 1.54) is 4.88 Å². The van der Waals surface area contributed by atoms with Gasteiger partial charge in [-0.2, -0.15) is 0 Å². The Kier molecular flexibility index (Phi) is 5.36. The molecule has 1 unspecified atom stereocenters. The van der Waals surface area contributed by atoms with E-state index in [0.717, 1.165) is 34.4 Å². The Balaban J connectivity index is 2.16. The van der Waals surface area contributed by atoms with Crippen LogP contribution in [0.1, 0.15) is 29.8 Å². The minimum atomic E-state index is 0.294. The molecule has 2 rings (SSSR count). The number of hydrogen-bond acceptors (Lipinski definition) is 4. The van der Waals surface area contributed by atoms with Crippen molar-refractivity contribution in [2.75, 3.05) is 12.3 Å². The van der Waals surface area contributed by atoms with Gasteiger partial charge >= 0.3 is 0 Å². The van der Waals surface area contributed by atoms with Crippen molar-refractivity contribution in [1.29, 1.82) is 0 Å². The number of hydrogen-bond donors (Lipinski definition) is 2. The maximum absolute atomic E-state index is 6.01. The zero-order valence-electron chi connectivity index (χ0n) is 10.9. The first-order valence-electron chi connectivity index (χ1n) is 6.37. The molecule has 0 aliphatic heterocycles. The number of nitrogens with zero attached hydrogens (tertiary/aromatic N) is 1. The molecule has 2 aromatic heterocycles. The molecule has 0 fully saturated rings. The van der Waals surface area contributed by atoms with Crippen molar-refractivity contribution in [3.63, 3.8) is 0 Å². The third kappa shape index (κ3) is 4.03. The van der Waals surface area contributed by atoms with Crippen LogP contribution >= 0.6 is 27.3 Å². The van der Waals surface area contributed by atoms with Gasteiger partial charge in [-0.1, -0.05) is 6.92 Å². The van der Waals surface area contributed by atoms with Crippen LogP contribution in [0.4, 0.5) is 5.69 Å². The van der Waals surface area contributed by atoms with Crippen molar-refractivity contribution in [2.45, 2.75) is 25.8 Å². The van der Waals surface area contributed by atoms with E-state index in [4.69, 9.17) is 5.73 Å². The molecule has 1 atom stereocenters. The van der Waals surface area contributed by atoms with Crippen molar-refractivity contribution in [2.24, 2.45) is 0 Å². The second-order valence-electron chi connectivity index (χ2n) is 4.43. The highest BCUT2D eigenvalue weighted by Crippen LogP contribution is 2.30. The van der Waals surface area contributed by atoms with Crippen LogP contribution in [-0.4, -0.2) is 11.5 Å². The van der Waals surface area contributed by atoms with Gasteiger partial charge in [0.1, 0.15) is 0 Å². The average Bonchev–Trinajstić information content (AvgIpc) is 2.83. The molecule has 0 spiro atoms. The summed E-state index contributed by atoms with van der Waals surface area (Å²) in [5, 5.41) is 3.58. The molecular weight excluding hydrogens is 322 g/mol. The van der Waals surface area contributed by atoms with E-state index in [-0.39, 0.29) is 0 Å². The van der Waals surface area contributed by atoms with E-state index in [9.17, 15) is 0 Å². The number of nitrogens with one attached hydrogen (secondary N) is 1. The molecule has 3 N–H and O–H groups in total. The summed E-state index contributed by atoms with van der Waals surface area (Å²) in [6.07, 6.45) is 5.58. The number of anilines is 1. The summed E-state index contributed by atoms with van der Waals surface area (Å²) in [4.78, 5) is 5.49. The molecule has 0 radical (unpaired) electrons. The standard InChI is InChI=1S/C14H18BrN3S/c1-2-6-18-12(13-3-4-14(15)19-13)8-10-9-17-7-5-11(10)16/h3-5,7,9,12,18H,2,6,8H2,1H3,(H2,16,17). The predicted octanol–water partition coefficient (Wildman–Crippen LogP) is 3.77. The second-order valence-corrected chi connectivity index (χ2v) is 6.92. The molecule has 5 heteroatoms. The highest BCUT2D eigenvalue weighted by atomic mass is 79.9. The number of thiophene rings is 1. The van der Waals surface area contributed by atoms with Gasteiger partial charge in [0.25, 0.3) is 0 Å². The Labute approximate surface area is 126 Å². The first-order valence-corrected chi connectivity index (χ1v) is 7.98. The Morgan fingerprint density at radius 2 is 2.26 bits per heavy atom. The smallest absolute Gasteiger partial charge is 0.0701 e. The largest absolute Gasteiger partial charge is 0.398 e. The van der Waals surface area contributed by atoms with Crippen LogP contribution in [0.5, 0.6) is 0 Å². The van der Waals surface area contributed by atoms with Crippen LogP contribution < -0.4 is 11.1 Å². The minimum Gasteiger partial charge on any atom is -0.398 e.